The zero-order valence-corrected chi connectivity index (χ0v) is 14.4. The number of ketones is 1. The maximum absolute atomic E-state index is 12.4. The van der Waals surface area contributed by atoms with Crippen LogP contribution in [0.3, 0.4) is 0 Å². The van der Waals surface area contributed by atoms with Crippen LogP contribution in [0.5, 0.6) is 0 Å². The van der Waals surface area contributed by atoms with Crippen molar-refractivity contribution in [3.05, 3.63) is 0 Å². The van der Waals surface area contributed by atoms with Gasteiger partial charge in [0.05, 0.1) is 18.5 Å². The van der Waals surface area contributed by atoms with Crippen molar-refractivity contribution in [1.29, 1.82) is 0 Å². The summed E-state index contributed by atoms with van der Waals surface area (Å²) in [6.45, 7) is 9.26. The molecule has 0 aliphatic carbocycles. The first-order chi connectivity index (χ1) is 9.71. The molecule has 1 aliphatic rings. The second kappa shape index (κ2) is 5.82. The van der Waals surface area contributed by atoms with Crippen LogP contribution in [0.4, 0.5) is 0 Å². The van der Waals surface area contributed by atoms with E-state index in [0.29, 0.717) is 0 Å². The number of nitrogens with two attached hydrogens (primary N) is 2. The fourth-order valence-electron chi connectivity index (χ4n) is 2.98. The van der Waals surface area contributed by atoms with Crippen molar-refractivity contribution in [2.75, 3.05) is 0 Å². The number of rotatable bonds is 6. The SMILES string of the molecule is CC1(C)SC(C)(C)C1NC(=O)[C@@](C)(N)C(=O)[C@@H](N)CC(=O)O. The summed E-state index contributed by atoms with van der Waals surface area (Å²) >= 11 is 1.73. The maximum atomic E-state index is 12.4. The molecule has 6 N–H and O–H groups in total. The summed E-state index contributed by atoms with van der Waals surface area (Å²) in [6, 6.07) is -1.46. The van der Waals surface area contributed by atoms with Crippen LogP contribution in [0.25, 0.3) is 0 Å². The maximum Gasteiger partial charge on any atom is 0.305 e. The van der Waals surface area contributed by atoms with Gasteiger partial charge in [-0.1, -0.05) is 0 Å². The number of hydrogen-bond acceptors (Lipinski definition) is 6. The van der Waals surface area contributed by atoms with Gasteiger partial charge in [0.15, 0.2) is 11.3 Å². The Morgan fingerprint density at radius 1 is 1.27 bits per heavy atom. The highest BCUT2D eigenvalue weighted by Gasteiger charge is 2.56. The second-order valence-corrected chi connectivity index (χ2v) is 9.29. The molecular weight excluding hydrogens is 306 g/mol. The Morgan fingerprint density at radius 2 is 1.73 bits per heavy atom. The van der Waals surface area contributed by atoms with Crippen LogP contribution < -0.4 is 16.8 Å². The van der Waals surface area contributed by atoms with Crippen molar-refractivity contribution in [1.82, 2.24) is 5.32 Å². The Hall–Kier alpha value is -1.12. The normalized spacial score (nSPS) is 23.8. The molecule has 0 saturated carbocycles. The molecule has 1 fully saturated rings. The van der Waals surface area contributed by atoms with Gasteiger partial charge < -0.3 is 21.9 Å². The molecule has 0 radical (unpaired) electrons. The molecule has 2 atom stereocenters. The number of carboxylic acids is 1. The van der Waals surface area contributed by atoms with Gasteiger partial charge in [-0.2, -0.15) is 0 Å². The van der Waals surface area contributed by atoms with E-state index in [2.05, 4.69) is 5.32 Å². The van der Waals surface area contributed by atoms with E-state index < -0.39 is 35.7 Å². The average Bonchev–Trinajstić information content (AvgIpc) is 2.31. The Morgan fingerprint density at radius 3 is 2.09 bits per heavy atom. The van der Waals surface area contributed by atoms with E-state index in [1.54, 1.807) is 11.8 Å². The van der Waals surface area contributed by atoms with Gasteiger partial charge in [-0.05, 0) is 34.6 Å². The van der Waals surface area contributed by atoms with E-state index in [1.165, 1.54) is 6.92 Å². The molecule has 0 aromatic heterocycles. The van der Waals surface area contributed by atoms with Crippen molar-refractivity contribution >= 4 is 29.4 Å². The summed E-state index contributed by atoms with van der Waals surface area (Å²) in [4.78, 5) is 35.2. The molecule has 1 aliphatic heterocycles. The fourth-order valence-corrected chi connectivity index (χ4v) is 5.09. The number of carbonyl (C=O) groups excluding carboxylic acids is 2. The third kappa shape index (κ3) is 3.61. The number of nitrogens with one attached hydrogen (secondary N) is 1. The first-order valence-electron chi connectivity index (χ1n) is 7.03. The van der Waals surface area contributed by atoms with Crippen LogP contribution in [0.15, 0.2) is 0 Å². The largest absolute Gasteiger partial charge is 0.481 e. The topological polar surface area (TPSA) is 136 Å². The van der Waals surface area contributed by atoms with E-state index in [9.17, 15) is 14.4 Å². The Kier molecular flexibility index (Phi) is 5.01. The van der Waals surface area contributed by atoms with Gasteiger partial charge in [0.1, 0.15) is 0 Å². The Balaban J connectivity index is 2.83. The second-order valence-electron chi connectivity index (χ2n) is 6.99. The van der Waals surface area contributed by atoms with E-state index in [4.69, 9.17) is 16.6 Å². The summed E-state index contributed by atoms with van der Waals surface area (Å²) < 4.78 is -0.330. The van der Waals surface area contributed by atoms with Crippen molar-refractivity contribution in [2.24, 2.45) is 11.5 Å². The van der Waals surface area contributed by atoms with Crippen LogP contribution in [-0.4, -0.2) is 49.9 Å². The summed E-state index contributed by atoms with van der Waals surface area (Å²) in [5.41, 5.74) is 9.51. The minimum absolute atomic E-state index is 0.149. The highest BCUT2D eigenvalue weighted by molar-refractivity contribution is 8.03. The average molecular weight is 331 g/mol. The molecule has 0 aromatic carbocycles. The number of amides is 1. The number of carboxylic acid groups (broad SMARTS) is 1. The van der Waals surface area contributed by atoms with Crippen molar-refractivity contribution in [2.45, 2.75) is 68.2 Å². The minimum Gasteiger partial charge on any atom is -0.481 e. The number of Topliss-reactive ketones (excluding diaryl/α,β-unsaturated/α-hetero) is 1. The van der Waals surface area contributed by atoms with Crippen molar-refractivity contribution in [3.63, 3.8) is 0 Å². The summed E-state index contributed by atoms with van der Waals surface area (Å²) in [6.07, 6.45) is -0.560. The molecule has 126 valence electrons. The summed E-state index contributed by atoms with van der Waals surface area (Å²) in [7, 11) is 0. The first kappa shape index (κ1) is 18.9. The lowest BCUT2D eigenvalue weighted by Crippen LogP contribution is -2.71. The lowest BCUT2D eigenvalue weighted by Gasteiger charge is -2.57. The molecule has 7 nitrogen and oxygen atoms in total. The molecule has 0 spiro atoms. The molecule has 1 heterocycles. The third-order valence-electron chi connectivity index (χ3n) is 3.91. The Bertz CT molecular complexity index is 488. The molecule has 0 aromatic rings. The summed E-state index contributed by atoms with van der Waals surface area (Å²) in [5.74, 6) is -2.63. The molecule has 0 bridgehead atoms. The van der Waals surface area contributed by atoms with Gasteiger partial charge in [-0.15, -0.1) is 11.8 Å². The quantitative estimate of drug-likeness (QED) is 0.497. The van der Waals surface area contributed by atoms with E-state index in [1.807, 2.05) is 27.7 Å². The van der Waals surface area contributed by atoms with Crippen LogP contribution in [0.1, 0.15) is 41.0 Å². The molecule has 1 saturated heterocycles. The number of hydrogen-bond donors (Lipinski definition) is 4. The lowest BCUT2D eigenvalue weighted by molar-refractivity contribution is -0.142. The van der Waals surface area contributed by atoms with Gasteiger partial charge in [0, 0.05) is 9.49 Å². The van der Waals surface area contributed by atoms with Crippen LogP contribution >= 0.6 is 11.8 Å². The number of carbonyl (C=O) groups is 3. The predicted molar refractivity (Wildman–Crippen MR) is 85.5 cm³/mol. The third-order valence-corrected chi connectivity index (χ3v) is 5.43. The van der Waals surface area contributed by atoms with Crippen LogP contribution in [0.2, 0.25) is 0 Å². The molecular formula is C14H25N3O4S. The lowest BCUT2D eigenvalue weighted by atomic mass is 9.86. The molecule has 0 unspecified atom stereocenters. The van der Waals surface area contributed by atoms with E-state index >= 15 is 0 Å². The highest BCUT2D eigenvalue weighted by Crippen LogP contribution is 2.54. The molecule has 22 heavy (non-hydrogen) atoms. The van der Waals surface area contributed by atoms with Crippen molar-refractivity contribution < 1.29 is 19.5 Å². The van der Waals surface area contributed by atoms with Crippen LogP contribution in [0, 0.1) is 0 Å². The van der Waals surface area contributed by atoms with Gasteiger partial charge in [-0.3, -0.25) is 14.4 Å². The van der Waals surface area contributed by atoms with Gasteiger partial charge >= 0.3 is 5.97 Å². The van der Waals surface area contributed by atoms with E-state index in [-0.39, 0.29) is 15.5 Å². The van der Waals surface area contributed by atoms with Gasteiger partial charge in [0.2, 0.25) is 5.91 Å². The molecule has 1 rings (SSSR count). The minimum atomic E-state index is -1.86. The zero-order valence-electron chi connectivity index (χ0n) is 13.6. The zero-order chi connectivity index (χ0) is 17.5. The standard InChI is InChI=1S/C14H25N3O4S/c1-12(2)10(13(3,4)22-12)17-11(21)14(5,16)9(20)7(15)6-8(18)19/h7,10H,6,15-16H2,1-5H3,(H,17,21)(H,18,19)/t7-,14-/m0/s1. The van der Waals surface area contributed by atoms with Gasteiger partial charge in [0.25, 0.3) is 0 Å². The van der Waals surface area contributed by atoms with E-state index in [0.717, 1.165) is 0 Å². The molecule has 1 amide bonds. The fraction of sp³-hybridized carbons (Fsp3) is 0.786. The Labute approximate surface area is 134 Å². The summed E-state index contributed by atoms with van der Waals surface area (Å²) in [5, 5.41) is 11.5. The predicted octanol–water partition coefficient (Wildman–Crippen LogP) is -0.136. The van der Waals surface area contributed by atoms with Gasteiger partial charge in [-0.25, -0.2) is 0 Å². The smallest absolute Gasteiger partial charge is 0.305 e. The first-order valence-corrected chi connectivity index (χ1v) is 7.85. The van der Waals surface area contributed by atoms with Crippen LogP contribution in [-0.2, 0) is 14.4 Å². The highest BCUT2D eigenvalue weighted by atomic mass is 32.2. The van der Waals surface area contributed by atoms with Crippen molar-refractivity contribution in [3.8, 4) is 0 Å². The monoisotopic (exact) mass is 331 g/mol. The number of aliphatic carboxylic acids is 1. The number of thioether (sulfide) groups is 1. The molecule has 8 heteroatoms.